The summed E-state index contributed by atoms with van der Waals surface area (Å²) in [6, 6.07) is 6.59. The first-order valence-electron chi connectivity index (χ1n) is 7.78. The number of halogens is 1. The number of nitrogens with zero attached hydrogens (tertiary/aromatic N) is 1. The predicted molar refractivity (Wildman–Crippen MR) is 77.0 cm³/mol. The Morgan fingerprint density at radius 3 is 2.15 bits per heavy atom. The molecule has 0 N–H and O–H groups in total. The molecule has 0 radical (unpaired) electrons. The number of benzene rings is 1. The van der Waals surface area contributed by atoms with Crippen molar-refractivity contribution < 1.29 is 9.18 Å². The van der Waals surface area contributed by atoms with Crippen molar-refractivity contribution in [3.8, 4) is 0 Å². The number of hydrogen-bond donors (Lipinski definition) is 0. The van der Waals surface area contributed by atoms with E-state index in [1.807, 2.05) is 17.0 Å². The van der Waals surface area contributed by atoms with Gasteiger partial charge in [-0.1, -0.05) is 25.0 Å². The summed E-state index contributed by atoms with van der Waals surface area (Å²) < 4.78 is 13.2. The van der Waals surface area contributed by atoms with E-state index in [0.717, 1.165) is 57.2 Å². The summed E-state index contributed by atoms with van der Waals surface area (Å²) in [7, 11) is 0. The van der Waals surface area contributed by atoms with Crippen LogP contribution in [0.25, 0.3) is 0 Å². The first kappa shape index (κ1) is 13.6. The van der Waals surface area contributed by atoms with Crippen molar-refractivity contribution in [1.82, 2.24) is 4.90 Å². The third-order valence-corrected chi connectivity index (χ3v) is 4.91. The van der Waals surface area contributed by atoms with Crippen molar-refractivity contribution in [1.29, 1.82) is 0 Å². The molecule has 2 aliphatic rings. The maximum atomic E-state index is 13.2. The van der Waals surface area contributed by atoms with Crippen LogP contribution in [-0.4, -0.2) is 23.9 Å². The van der Waals surface area contributed by atoms with Gasteiger partial charge in [-0.05, 0) is 49.8 Å². The van der Waals surface area contributed by atoms with E-state index in [2.05, 4.69) is 0 Å². The molecule has 1 amide bonds. The molecule has 1 saturated heterocycles. The Kier molecular flexibility index (Phi) is 3.77. The number of amides is 1. The van der Waals surface area contributed by atoms with Crippen LogP contribution < -0.4 is 0 Å². The highest BCUT2D eigenvalue weighted by molar-refractivity contribution is 5.88. The molecule has 1 heterocycles. The van der Waals surface area contributed by atoms with E-state index in [0.29, 0.717) is 0 Å². The number of carbonyl (C=O) groups excluding carboxylic acids is 1. The average molecular weight is 275 g/mol. The maximum Gasteiger partial charge on any atom is 0.233 e. The second-order valence-corrected chi connectivity index (χ2v) is 6.15. The number of likely N-dealkylation sites (tertiary alicyclic amines) is 1. The van der Waals surface area contributed by atoms with Gasteiger partial charge in [0.05, 0.1) is 5.41 Å². The van der Waals surface area contributed by atoms with Gasteiger partial charge in [0.2, 0.25) is 5.91 Å². The molecule has 0 spiro atoms. The smallest absolute Gasteiger partial charge is 0.233 e. The van der Waals surface area contributed by atoms with Gasteiger partial charge >= 0.3 is 0 Å². The molecule has 20 heavy (non-hydrogen) atoms. The summed E-state index contributed by atoms with van der Waals surface area (Å²) in [5.74, 6) is 0.0497. The van der Waals surface area contributed by atoms with Crippen molar-refractivity contribution in [2.24, 2.45) is 0 Å². The van der Waals surface area contributed by atoms with Crippen LogP contribution in [0.1, 0.15) is 50.5 Å². The highest BCUT2D eigenvalue weighted by Crippen LogP contribution is 2.43. The first-order chi connectivity index (χ1) is 9.72. The number of piperidine rings is 1. The fourth-order valence-electron chi connectivity index (χ4n) is 3.77. The molecular weight excluding hydrogens is 253 g/mol. The fraction of sp³-hybridized carbons (Fsp3) is 0.588. The first-order valence-corrected chi connectivity index (χ1v) is 7.78. The van der Waals surface area contributed by atoms with Crippen LogP contribution in [0.15, 0.2) is 24.3 Å². The molecule has 3 rings (SSSR count). The SMILES string of the molecule is O=C(N1CCCCC1)C1(c2ccc(F)cc2)CCCC1. The van der Waals surface area contributed by atoms with Crippen molar-refractivity contribution in [2.45, 2.75) is 50.4 Å². The van der Waals surface area contributed by atoms with Crippen LogP contribution in [0.5, 0.6) is 0 Å². The highest BCUT2D eigenvalue weighted by Gasteiger charge is 2.44. The fourth-order valence-corrected chi connectivity index (χ4v) is 3.77. The molecule has 0 unspecified atom stereocenters. The van der Waals surface area contributed by atoms with E-state index in [9.17, 15) is 9.18 Å². The summed E-state index contributed by atoms with van der Waals surface area (Å²) in [6.07, 6.45) is 7.47. The van der Waals surface area contributed by atoms with Crippen LogP contribution in [0.2, 0.25) is 0 Å². The number of hydrogen-bond acceptors (Lipinski definition) is 1. The Morgan fingerprint density at radius 2 is 1.55 bits per heavy atom. The van der Waals surface area contributed by atoms with Crippen LogP contribution >= 0.6 is 0 Å². The average Bonchev–Trinajstić information content (AvgIpc) is 2.99. The van der Waals surface area contributed by atoms with Crippen LogP contribution in [0.4, 0.5) is 4.39 Å². The zero-order valence-electron chi connectivity index (χ0n) is 11.9. The largest absolute Gasteiger partial charge is 0.342 e. The van der Waals surface area contributed by atoms with Gasteiger partial charge in [-0.15, -0.1) is 0 Å². The van der Waals surface area contributed by atoms with E-state index in [4.69, 9.17) is 0 Å². The maximum absolute atomic E-state index is 13.2. The van der Waals surface area contributed by atoms with Crippen molar-refractivity contribution in [3.05, 3.63) is 35.6 Å². The minimum absolute atomic E-state index is 0.229. The van der Waals surface area contributed by atoms with Crippen molar-refractivity contribution in [2.75, 3.05) is 13.1 Å². The zero-order chi connectivity index (χ0) is 14.0. The van der Waals surface area contributed by atoms with Gasteiger partial charge in [0.15, 0.2) is 0 Å². The van der Waals surface area contributed by atoms with Gasteiger partial charge in [0.25, 0.3) is 0 Å². The molecule has 108 valence electrons. The van der Waals surface area contributed by atoms with Crippen LogP contribution in [-0.2, 0) is 10.2 Å². The summed E-state index contributed by atoms with van der Waals surface area (Å²) in [5.41, 5.74) is 0.623. The minimum atomic E-state index is -0.384. The van der Waals surface area contributed by atoms with E-state index >= 15 is 0 Å². The standard InChI is InChI=1S/C17H22FNO/c18-15-8-6-14(7-9-15)17(10-2-3-11-17)16(20)19-12-4-1-5-13-19/h6-9H,1-5,10-13H2. The summed E-state index contributed by atoms with van der Waals surface area (Å²) in [5, 5.41) is 0. The van der Waals surface area contributed by atoms with E-state index < -0.39 is 0 Å². The molecule has 2 fully saturated rings. The quantitative estimate of drug-likeness (QED) is 0.806. The van der Waals surface area contributed by atoms with Gasteiger partial charge in [-0.3, -0.25) is 4.79 Å². The lowest BCUT2D eigenvalue weighted by Crippen LogP contribution is -2.47. The molecule has 1 aliphatic heterocycles. The van der Waals surface area contributed by atoms with E-state index in [1.165, 1.54) is 18.6 Å². The highest BCUT2D eigenvalue weighted by atomic mass is 19.1. The Hall–Kier alpha value is -1.38. The van der Waals surface area contributed by atoms with Gasteiger partial charge in [-0.25, -0.2) is 4.39 Å². The second kappa shape index (κ2) is 5.55. The van der Waals surface area contributed by atoms with E-state index in [-0.39, 0.29) is 17.1 Å². The molecule has 3 heteroatoms. The Bertz CT molecular complexity index is 470. The number of carbonyl (C=O) groups is 1. The Balaban J connectivity index is 1.90. The molecule has 1 saturated carbocycles. The molecule has 2 nitrogen and oxygen atoms in total. The molecule has 1 aliphatic carbocycles. The van der Waals surface area contributed by atoms with Gasteiger partial charge in [0.1, 0.15) is 5.82 Å². The van der Waals surface area contributed by atoms with Crippen molar-refractivity contribution >= 4 is 5.91 Å². The summed E-state index contributed by atoms with van der Waals surface area (Å²) in [4.78, 5) is 15.1. The predicted octanol–water partition coefficient (Wildman–Crippen LogP) is 3.65. The summed E-state index contributed by atoms with van der Waals surface area (Å²) >= 11 is 0. The lowest BCUT2D eigenvalue weighted by atomic mass is 9.77. The summed E-state index contributed by atoms with van der Waals surface area (Å²) in [6.45, 7) is 1.78. The van der Waals surface area contributed by atoms with Crippen LogP contribution in [0, 0.1) is 5.82 Å². The normalized spacial score (nSPS) is 21.9. The monoisotopic (exact) mass is 275 g/mol. The molecule has 0 aromatic heterocycles. The lowest BCUT2D eigenvalue weighted by molar-refractivity contribution is -0.138. The second-order valence-electron chi connectivity index (χ2n) is 6.15. The topological polar surface area (TPSA) is 20.3 Å². The Morgan fingerprint density at radius 1 is 0.950 bits per heavy atom. The van der Waals surface area contributed by atoms with Crippen LogP contribution in [0.3, 0.4) is 0 Å². The molecule has 0 bridgehead atoms. The zero-order valence-corrected chi connectivity index (χ0v) is 11.9. The molecule has 1 aromatic carbocycles. The third-order valence-electron chi connectivity index (χ3n) is 4.91. The lowest BCUT2D eigenvalue weighted by Gasteiger charge is -2.36. The van der Waals surface area contributed by atoms with Gasteiger partial charge in [0, 0.05) is 13.1 Å². The number of rotatable bonds is 2. The van der Waals surface area contributed by atoms with Crippen molar-refractivity contribution in [3.63, 3.8) is 0 Å². The minimum Gasteiger partial charge on any atom is -0.342 e. The third kappa shape index (κ3) is 2.34. The van der Waals surface area contributed by atoms with E-state index in [1.54, 1.807) is 0 Å². The molecular formula is C17H22FNO. The molecule has 1 aromatic rings. The Labute approximate surface area is 120 Å². The van der Waals surface area contributed by atoms with Gasteiger partial charge in [-0.2, -0.15) is 0 Å². The molecule has 0 atom stereocenters. The van der Waals surface area contributed by atoms with Gasteiger partial charge < -0.3 is 4.90 Å².